The average Bonchev–Trinajstić information content (AvgIpc) is 3.06. The van der Waals surface area contributed by atoms with E-state index in [1.807, 2.05) is 31.2 Å². The lowest BCUT2D eigenvalue weighted by Gasteiger charge is -2.13. The van der Waals surface area contributed by atoms with Crippen LogP contribution in [0.3, 0.4) is 0 Å². The monoisotopic (exact) mass is 268 g/mol. The van der Waals surface area contributed by atoms with Crippen LogP contribution in [0, 0.1) is 6.92 Å². The van der Waals surface area contributed by atoms with Crippen molar-refractivity contribution < 1.29 is 8.83 Å². The Labute approximate surface area is 117 Å². The molecule has 0 saturated heterocycles. The fourth-order valence-corrected chi connectivity index (χ4v) is 2.07. The van der Waals surface area contributed by atoms with Crippen LogP contribution >= 0.6 is 0 Å². The van der Waals surface area contributed by atoms with Gasteiger partial charge in [-0.3, -0.25) is 4.98 Å². The predicted octanol–water partition coefficient (Wildman–Crippen LogP) is 4.24. The zero-order valence-corrected chi connectivity index (χ0v) is 11.5. The van der Waals surface area contributed by atoms with Crippen molar-refractivity contribution in [1.82, 2.24) is 4.98 Å². The van der Waals surface area contributed by atoms with Gasteiger partial charge in [-0.1, -0.05) is 6.08 Å². The number of fused-ring (bicyclic) bond motifs is 2. The Kier molecular flexibility index (Phi) is 3.29. The zero-order chi connectivity index (χ0) is 13.9. The summed E-state index contributed by atoms with van der Waals surface area (Å²) in [5.41, 5.74) is 2.97. The van der Waals surface area contributed by atoms with Crippen molar-refractivity contribution in [2.24, 2.45) is 0 Å². The Bertz CT molecular complexity index is 740. The summed E-state index contributed by atoms with van der Waals surface area (Å²) in [6.07, 6.45) is 9.18. The van der Waals surface area contributed by atoms with Crippen molar-refractivity contribution in [3.05, 3.63) is 54.5 Å². The molecule has 1 unspecified atom stereocenters. The van der Waals surface area contributed by atoms with Gasteiger partial charge in [0.05, 0.1) is 24.4 Å². The van der Waals surface area contributed by atoms with Gasteiger partial charge in [-0.05, 0) is 32.1 Å². The third kappa shape index (κ3) is 2.59. The number of rotatable bonds is 0. The van der Waals surface area contributed by atoms with E-state index < -0.39 is 0 Å². The molecule has 4 heteroatoms. The van der Waals surface area contributed by atoms with E-state index in [9.17, 15) is 0 Å². The van der Waals surface area contributed by atoms with E-state index in [4.69, 9.17) is 8.83 Å². The van der Waals surface area contributed by atoms with Gasteiger partial charge in [0.25, 0.3) is 0 Å². The minimum atomic E-state index is 0.421. The van der Waals surface area contributed by atoms with Gasteiger partial charge in [-0.25, -0.2) is 0 Å². The van der Waals surface area contributed by atoms with Gasteiger partial charge in [-0.2, -0.15) is 0 Å². The van der Waals surface area contributed by atoms with Crippen LogP contribution in [0.15, 0.2) is 51.8 Å². The molecule has 0 fully saturated rings. The molecule has 0 radical (unpaired) electrons. The Hall–Kier alpha value is -2.49. The van der Waals surface area contributed by atoms with Crippen molar-refractivity contribution in [3.8, 4) is 0 Å². The van der Waals surface area contributed by atoms with Crippen LogP contribution in [0.5, 0.6) is 0 Å². The van der Waals surface area contributed by atoms with Crippen molar-refractivity contribution in [1.29, 1.82) is 0 Å². The van der Waals surface area contributed by atoms with Crippen LogP contribution in [0.2, 0.25) is 0 Å². The molecule has 4 rings (SSSR count). The topological polar surface area (TPSA) is 51.2 Å². The first-order valence-corrected chi connectivity index (χ1v) is 6.54. The van der Waals surface area contributed by atoms with Gasteiger partial charge in [-0.15, -0.1) is 0 Å². The smallest absolute Gasteiger partial charge is 0.152 e. The summed E-state index contributed by atoms with van der Waals surface area (Å²) in [5.74, 6) is 0.929. The molecular formula is C16H16N2O2. The molecule has 102 valence electrons. The number of anilines is 1. The second-order valence-corrected chi connectivity index (χ2v) is 4.77. The molecule has 0 saturated carbocycles. The van der Waals surface area contributed by atoms with Crippen molar-refractivity contribution in [3.63, 3.8) is 0 Å². The Balaban J connectivity index is 0.000000121. The summed E-state index contributed by atoms with van der Waals surface area (Å²) in [6.45, 7) is 4.07. The molecule has 3 aromatic heterocycles. The molecule has 1 aliphatic rings. The second-order valence-electron chi connectivity index (χ2n) is 4.77. The molecule has 20 heavy (non-hydrogen) atoms. The summed E-state index contributed by atoms with van der Waals surface area (Å²) in [5, 5.41) is 4.38. The van der Waals surface area contributed by atoms with Gasteiger partial charge >= 0.3 is 0 Å². The molecule has 0 spiro atoms. The van der Waals surface area contributed by atoms with Gasteiger partial charge in [0.15, 0.2) is 5.58 Å². The predicted molar refractivity (Wildman–Crippen MR) is 79.6 cm³/mol. The Morgan fingerprint density at radius 3 is 2.95 bits per heavy atom. The third-order valence-corrected chi connectivity index (χ3v) is 3.09. The molecule has 3 aromatic rings. The molecule has 0 aromatic carbocycles. The fraction of sp³-hybridized carbons (Fsp3) is 0.188. The Morgan fingerprint density at radius 1 is 1.20 bits per heavy atom. The second kappa shape index (κ2) is 5.25. The average molecular weight is 268 g/mol. The molecule has 1 atom stereocenters. The normalized spacial score (nSPS) is 16.2. The van der Waals surface area contributed by atoms with E-state index in [0.29, 0.717) is 6.04 Å². The zero-order valence-electron chi connectivity index (χ0n) is 11.5. The molecule has 1 aliphatic heterocycles. The number of pyridine rings is 1. The van der Waals surface area contributed by atoms with Crippen molar-refractivity contribution >= 4 is 22.7 Å². The lowest BCUT2D eigenvalue weighted by Crippen LogP contribution is -2.14. The Morgan fingerprint density at radius 2 is 2.05 bits per heavy atom. The van der Waals surface area contributed by atoms with Crippen LogP contribution in [0.1, 0.15) is 18.4 Å². The van der Waals surface area contributed by atoms with Crippen molar-refractivity contribution in [2.45, 2.75) is 19.9 Å². The molecule has 4 heterocycles. The minimum Gasteiger partial charge on any atom is -0.463 e. The highest BCUT2D eigenvalue weighted by Crippen LogP contribution is 2.23. The highest BCUT2D eigenvalue weighted by Gasteiger charge is 2.09. The third-order valence-electron chi connectivity index (χ3n) is 3.09. The number of aromatic nitrogens is 1. The first kappa shape index (κ1) is 12.5. The van der Waals surface area contributed by atoms with Crippen molar-refractivity contribution in [2.75, 3.05) is 5.32 Å². The number of nitrogens with one attached hydrogen (secondary N) is 1. The van der Waals surface area contributed by atoms with Crippen LogP contribution in [0.4, 0.5) is 5.69 Å². The summed E-state index contributed by atoms with van der Waals surface area (Å²) in [7, 11) is 0. The summed E-state index contributed by atoms with van der Waals surface area (Å²) in [4.78, 5) is 4.09. The maximum Gasteiger partial charge on any atom is 0.152 e. The highest BCUT2D eigenvalue weighted by molar-refractivity contribution is 5.76. The number of hydrogen-bond donors (Lipinski definition) is 1. The first-order chi connectivity index (χ1) is 9.72. The molecular weight excluding hydrogens is 252 g/mol. The maximum absolute atomic E-state index is 5.15. The number of furan rings is 2. The summed E-state index contributed by atoms with van der Waals surface area (Å²) >= 11 is 0. The van der Waals surface area contributed by atoms with Crippen LogP contribution < -0.4 is 5.32 Å². The standard InChI is InChI=1S/C8H7NO.C8H9NO/c1-6-4-7-2-3-10-8(7)5-9-6;1-6-2-3-8-7(9-6)4-5-10-8/h2-5H,1H3;2-6,9H,1H3. The van der Waals surface area contributed by atoms with E-state index in [-0.39, 0.29) is 0 Å². The van der Waals surface area contributed by atoms with E-state index in [1.54, 1.807) is 18.7 Å². The quantitative estimate of drug-likeness (QED) is 0.662. The van der Waals surface area contributed by atoms with Crippen LogP contribution in [-0.4, -0.2) is 11.0 Å². The molecule has 1 N–H and O–H groups in total. The van der Waals surface area contributed by atoms with Gasteiger partial charge < -0.3 is 14.2 Å². The maximum atomic E-state index is 5.15. The largest absolute Gasteiger partial charge is 0.463 e. The van der Waals surface area contributed by atoms with E-state index >= 15 is 0 Å². The molecule has 0 bridgehead atoms. The number of hydrogen-bond acceptors (Lipinski definition) is 4. The SMILES string of the molecule is CC1C=Cc2occc2N1.Cc1cc2ccoc2cn1. The van der Waals surface area contributed by atoms with E-state index in [0.717, 1.165) is 28.1 Å². The number of aryl methyl sites for hydroxylation is 1. The molecule has 4 nitrogen and oxygen atoms in total. The van der Waals surface area contributed by atoms with Gasteiger partial charge in [0.2, 0.25) is 0 Å². The summed E-state index contributed by atoms with van der Waals surface area (Å²) < 4.78 is 10.3. The summed E-state index contributed by atoms with van der Waals surface area (Å²) in [6, 6.07) is 6.29. The lowest BCUT2D eigenvalue weighted by molar-refractivity contribution is 0.556. The van der Waals surface area contributed by atoms with E-state index in [2.05, 4.69) is 23.3 Å². The van der Waals surface area contributed by atoms with Crippen LogP contribution in [-0.2, 0) is 0 Å². The molecule has 0 amide bonds. The van der Waals surface area contributed by atoms with E-state index in [1.165, 1.54) is 0 Å². The van der Waals surface area contributed by atoms with Gasteiger partial charge in [0, 0.05) is 23.2 Å². The minimum absolute atomic E-state index is 0.421. The molecule has 0 aliphatic carbocycles. The first-order valence-electron chi connectivity index (χ1n) is 6.54. The fourth-order valence-electron chi connectivity index (χ4n) is 2.07. The highest BCUT2D eigenvalue weighted by atomic mass is 16.3. The van der Waals surface area contributed by atoms with Crippen LogP contribution in [0.25, 0.3) is 17.0 Å². The number of nitrogens with zero attached hydrogens (tertiary/aromatic N) is 1. The van der Waals surface area contributed by atoms with Gasteiger partial charge in [0.1, 0.15) is 5.76 Å². The lowest BCUT2D eigenvalue weighted by atomic mass is 10.2.